The molecule has 17 heavy (non-hydrogen) atoms. The van der Waals surface area contributed by atoms with Gasteiger partial charge in [-0.1, -0.05) is 25.9 Å². The zero-order valence-corrected chi connectivity index (χ0v) is 11.1. The molecule has 1 saturated carbocycles. The number of rotatable bonds is 5. The summed E-state index contributed by atoms with van der Waals surface area (Å²) in [4.78, 5) is 4.48. The zero-order valence-electron chi connectivity index (χ0n) is 11.1. The monoisotopic (exact) mass is 237 g/mol. The molecule has 0 aliphatic heterocycles. The van der Waals surface area contributed by atoms with Crippen molar-refractivity contribution in [1.82, 2.24) is 15.5 Å². The van der Waals surface area contributed by atoms with E-state index in [9.17, 15) is 0 Å². The first kappa shape index (κ1) is 12.6. The average Bonchev–Trinajstić information content (AvgIpc) is 2.86. The van der Waals surface area contributed by atoms with Crippen LogP contribution in [0.2, 0.25) is 0 Å². The van der Waals surface area contributed by atoms with E-state index >= 15 is 0 Å². The molecule has 0 spiro atoms. The summed E-state index contributed by atoms with van der Waals surface area (Å²) in [6.45, 7) is 8.34. The van der Waals surface area contributed by atoms with Crippen molar-refractivity contribution >= 4 is 0 Å². The van der Waals surface area contributed by atoms with Gasteiger partial charge in [-0.05, 0) is 37.6 Å². The van der Waals surface area contributed by atoms with E-state index in [1.807, 2.05) is 0 Å². The van der Waals surface area contributed by atoms with Gasteiger partial charge < -0.3 is 9.84 Å². The first-order valence-electron chi connectivity index (χ1n) is 6.68. The maximum Gasteiger partial charge on any atom is 0.240 e. The first-order valence-corrected chi connectivity index (χ1v) is 6.68. The second-order valence-corrected chi connectivity index (χ2v) is 5.69. The van der Waals surface area contributed by atoms with Crippen LogP contribution in [0, 0.1) is 11.8 Å². The molecule has 0 amide bonds. The molecule has 1 aromatic rings. The molecule has 96 valence electrons. The van der Waals surface area contributed by atoms with Crippen LogP contribution < -0.4 is 5.32 Å². The van der Waals surface area contributed by atoms with Crippen molar-refractivity contribution in [3.63, 3.8) is 0 Å². The smallest absolute Gasteiger partial charge is 0.240 e. The quantitative estimate of drug-likeness (QED) is 0.855. The van der Waals surface area contributed by atoms with Crippen molar-refractivity contribution in [3.8, 4) is 0 Å². The lowest BCUT2D eigenvalue weighted by Crippen LogP contribution is -2.19. The fourth-order valence-corrected chi connectivity index (χ4v) is 2.42. The van der Waals surface area contributed by atoms with E-state index < -0.39 is 0 Å². The predicted octanol–water partition coefficient (Wildman–Crippen LogP) is 2.72. The maximum absolute atomic E-state index is 5.27. The van der Waals surface area contributed by atoms with E-state index in [-0.39, 0.29) is 0 Å². The summed E-state index contributed by atoms with van der Waals surface area (Å²) in [7, 11) is 0. The Morgan fingerprint density at radius 2 is 2.24 bits per heavy atom. The van der Waals surface area contributed by atoms with Gasteiger partial charge in [-0.2, -0.15) is 4.98 Å². The molecule has 2 unspecified atom stereocenters. The highest BCUT2D eigenvalue weighted by molar-refractivity contribution is 4.99. The van der Waals surface area contributed by atoms with E-state index in [1.165, 1.54) is 19.3 Å². The lowest BCUT2D eigenvalue weighted by atomic mass is 10.1. The van der Waals surface area contributed by atoms with Crippen molar-refractivity contribution in [3.05, 3.63) is 11.7 Å². The minimum Gasteiger partial charge on any atom is -0.338 e. The molecule has 1 N–H and O–H groups in total. The largest absolute Gasteiger partial charge is 0.338 e. The van der Waals surface area contributed by atoms with Crippen molar-refractivity contribution < 1.29 is 4.52 Å². The molecular weight excluding hydrogens is 214 g/mol. The lowest BCUT2D eigenvalue weighted by molar-refractivity contribution is 0.356. The van der Waals surface area contributed by atoms with E-state index in [4.69, 9.17) is 4.52 Å². The van der Waals surface area contributed by atoms with Gasteiger partial charge in [0, 0.05) is 5.92 Å². The first-order chi connectivity index (χ1) is 8.15. The summed E-state index contributed by atoms with van der Waals surface area (Å²) in [6, 6.07) is 0. The lowest BCUT2D eigenvalue weighted by Gasteiger charge is -2.04. The van der Waals surface area contributed by atoms with E-state index in [0.29, 0.717) is 18.4 Å². The number of nitrogens with zero attached hydrogens (tertiary/aromatic N) is 2. The minimum atomic E-state index is 0.521. The fraction of sp³-hybridized carbons (Fsp3) is 0.846. The summed E-state index contributed by atoms with van der Waals surface area (Å²) in [5, 5.41) is 7.42. The summed E-state index contributed by atoms with van der Waals surface area (Å²) in [5.74, 6) is 3.61. The molecule has 1 fully saturated rings. The van der Waals surface area contributed by atoms with Crippen LogP contribution in [0.4, 0.5) is 0 Å². The number of hydrogen-bond donors (Lipinski definition) is 1. The molecule has 2 rings (SSSR count). The van der Waals surface area contributed by atoms with Gasteiger partial charge in [-0.3, -0.25) is 0 Å². The Balaban J connectivity index is 1.83. The topological polar surface area (TPSA) is 51.0 Å². The van der Waals surface area contributed by atoms with Crippen molar-refractivity contribution in [2.45, 2.75) is 52.5 Å². The van der Waals surface area contributed by atoms with Crippen molar-refractivity contribution in [2.24, 2.45) is 11.8 Å². The number of aromatic nitrogens is 2. The van der Waals surface area contributed by atoms with E-state index in [0.717, 1.165) is 24.2 Å². The summed E-state index contributed by atoms with van der Waals surface area (Å²) >= 11 is 0. The van der Waals surface area contributed by atoms with Gasteiger partial charge >= 0.3 is 0 Å². The van der Waals surface area contributed by atoms with Gasteiger partial charge in [0.15, 0.2) is 5.82 Å². The summed E-state index contributed by atoms with van der Waals surface area (Å²) in [6.07, 6.45) is 3.71. The van der Waals surface area contributed by atoms with Crippen LogP contribution in [0.5, 0.6) is 0 Å². The molecule has 0 aromatic carbocycles. The normalized spacial score (nSPS) is 24.7. The van der Waals surface area contributed by atoms with Gasteiger partial charge in [-0.15, -0.1) is 0 Å². The molecule has 1 heterocycles. The molecule has 1 aromatic heterocycles. The SMILES string of the molecule is CC(C)CNCc1nc(C2CCC(C)C2)no1. The Morgan fingerprint density at radius 3 is 2.88 bits per heavy atom. The van der Waals surface area contributed by atoms with E-state index in [2.05, 4.69) is 36.2 Å². The molecule has 2 atom stereocenters. The molecule has 0 saturated heterocycles. The highest BCUT2D eigenvalue weighted by Gasteiger charge is 2.26. The summed E-state index contributed by atoms with van der Waals surface area (Å²) in [5.41, 5.74) is 0. The van der Waals surface area contributed by atoms with Crippen LogP contribution in [-0.2, 0) is 6.54 Å². The Kier molecular flexibility index (Phi) is 4.15. The standard InChI is InChI=1S/C13H23N3O/c1-9(2)7-14-8-12-15-13(16-17-12)11-5-4-10(3)6-11/h9-11,14H,4-8H2,1-3H3. The number of hydrogen-bond acceptors (Lipinski definition) is 4. The van der Waals surface area contributed by atoms with Crippen LogP contribution in [0.1, 0.15) is 57.7 Å². The highest BCUT2D eigenvalue weighted by atomic mass is 16.5. The Labute approximate surface area is 103 Å². The molecule has 1 aliphatic carbocycles. The van der Waals surface area contributed by atoms with Crippen molar-refractivity contribution in [1.29, 1.82) is 0 Å². The second-order valence-electron chi connectivity index (χ2n) is 5.69. The van der Waals surface area contributed by atoms with Crippen LogP contribution in [0.15, 0.2) is 4.52 Å². The fourth-order valence-electron chi connectivity index (χ4n) is 2.42. The average molecular weight is 237 g/mol. The molecule has 4 nitrogen and oxygen atoms in total. The van der Waals surface area contributed by atoms with Crippen LogP contribution in [-0.4, -0.2) is 16.7 Å². The number of nitrogens with one attached hydrogen (secondary N) is 1. The second kappa shape index (κ2) is 5.63. The molecule has 0 radical (unpaired) electrons. The third-order valence-corrected chi connectivity index (χ3v) is 3.37. The molecule has 4 heteroatoms. The Hall–Kier alpha value is -0.900. The predicted molar refractivity (Wildman–Crippen MR) is 66.6 cm³/mol. The Morgan fingerprint density at radius 1 is 1.41 bits per heavy atom. The van der Waals surface area contributed by atoms with Crippen LogP contribution in [0.25, 0.3) is 0 Å². The van der Waals surface area contributed by atoms with Gasteiger partial charge in [-0.25, -0.2) is 0 Å². The van der Waals surface area contributed by atoms with E-state index in [1.54, 1.807) is 0 Å². The minimum absolute atomic E-state index is 0.521. The third kappa shape index (κ3) is 3.53. The van der Waals surface area contributed by atoms with Gasteiger partial charge in [0.1, 0.15) is 0 Å². The molecular formula is C13H23N3O. The van der Waals surface area contributed by atoms with Crippen LogP contribution >= 0.6 is 0 Å². The van der Waals surface area contributed by atoms with Crippen LogP contribution in [0.3, 0.4) is 0 Å². The van der Waals surface area contributed by atoms with Gasteiger partial charge in [0.2, 0.25) is 5.89 Å². The Bertz CT molecular complexity index is 348. The highest BCUT2D eigenvalue weighted by Crippen LogP contribution is 2.36. The summed E-state index contributed by atoms with van der Waals surface area (Å²) < 4.78 is 5.27. The van der Waals surface area contributed by atoms with Crippen molar-refractivity contribution in [2.75, 3.05) is 6.54 Å². The molecule has 0 bridgehead atoms. The van der Waals surface area contributed by atoms with Gasteiger partial charge in [0.05, 0.1) is 6.54 Å². The molecule has 1 aliphatic rings. The maximum atomic E-state index is 5.27. The van der Waals surface area contributed by atoms with Gasteiger partial charge in [0.25, 0.3) is 0 Å². The zero-order chi connectivity index (χ0) is 12.3. The third-order valence-electron chi connectivity index (χ3n) is 3.37.